The summed E-state index contributed by atoms with van der Waals surface area (Å²) < 4.78 is 2.21. The molecule has 1 aliphatic heterocycles. The van der Waals surface area contributed by atoms with Gasteiger partial charge in [0, 0.05) is 18.4 Å². The van der Waals surface area contributed by atoms with Gasteiger partial charge in [0.05, 0.1) is 23.8 Å². The second kappa shape index (κ2) is 5.87. The Morgan fingerprint density at radius 3 is 2.71 bits per heavy atom. The standard InChI is InChI=1S/C18H18N4OS/c1-12-8-19-16-10-22(18(23)17-13(2)20-11-24-17)15(9-21(12)16)14-6-4-3-5-7-14/h3-8,11,15H,9-10H2,1-2H3/t15-/m1/s1. The van der Waals surface area contributed by atoms with Gasteiger partial charge in [-0.25, -0.2) is 9.97 Å². The zero-order valence-electron chi connectivity index (χ0n) is 13.6. The quantitative estimate of drug-likeness (QED) is 0.720. The molecule has 24 heavy (non-hydrogen) atoms. The minimum atomic E-state index is 0.000556. The molecule has 0 saturated carbocycles. The van der Waals surface area contributed by atoms with Crippen LogP contribution in [0.15, 0.2) is 42.0 Å². The average Bonchev–Trinajstić information content (AvgIpc) is 3.20. The van der Waals surface area contributed by atoms with Crippen molar-refractivity contribution >= 4 is 17.2 Å². The van der Waals surface area contributed by atoms with Gasteiger partial charge in [0.15, 0.2) is 0 Å². The molecule has 0 saturated heterocycles. The monoisotopic (exact) mass is 338 g/mol. The number of carbonyl (C=O) groups is 1. The second-order valence-electron chi connectivity index (χ2n) is 6.05. The summed E-state index contributed by atoms with van der Waals surface area (Å²) >= 11 is 1.41. The smallest absolute Gasteiger partial charge is 0.266 e. The molecule has 0 aliphatic carbocycles. The molecular formula is C18H18N4OS. The minimum Gasteiger partial charge on any atom is -0.328 e. The highest BCUT2D eigenvalue weighted by Gasteiger charge is 2.33. The first-order valence-electron chi connectivity index (χ1n) is 7.92. The molecule has 3 aromatic rings. The highest BCUT2D eigenvalue weighted by Crippen LogP contribution is 2.32. The van der Waals surface area contributed by atoms with Gasteiger partial charge in [-0.15, -0.1) is 11.3 Å². The van der Waals surface area contributed by atoms with E-state index in [0.717, 1.165) is 29.3 Å². The van der Waals surface area contributed by atoms with Gasteiger partial charge < -0.3 is 9.47 Å². The number of aryl methyl sites for hydroxylation is 2. The second-order valence-corrected chi connectivity index (χ2v) is 6.91. The summed E-state index contributed by atoms with van der Waals surface area (Å²) in [6.07, 6.45) is 1.88. The molecule has 1 amide bonds. The Bertz CT molecular complexity index is 884. The maximum absolute atomic E-state index is 13.1. The highest BCUT2D eigenvalue weighted by molar-refractivity contribution is 7.11. The van der Waals surface area contributed by atoms with Crippen LogP contribution in [-0.4, -0.2) is 25.3 Å². The number of carbonyl (C=O) groups excluding carboxylic acids is 1. The zero-order chi connectivity index (χ0) is 16.7. The molecule has 0 fully saturated rings. The van der Waals surface area contributed by atoms with Crippen LogP contribution in [0.1, 0.15) is 38.5 Å². The Hall–Kier alpha value is -2.47. The van der Waals surface area contributed by atoms with Crippen LogP contribution in [0.2, 0.25) is 0 Å². The SMILES string of the molecule is Cc1ncsc1C(=O)N1Cc2ncc(C)n2C[C@@H]1c1ccccc1. The number of rotatable bonds is 2. The number of hydrogen-bond acceptors (Lipinski definition) is 4. The van der Waals surface area contributed by atoms with Gasteiger partial charge in [-0.1, -0.05) is 30.3 Å². The topological polar surface area (TPSA) is 51.0 Å². The number of fused-ring (bicyclic) bond motifs is 1. The molecule has 2 aromatic heterocycles. The van der Waals surface area contributed by atoms with Gasteiger partial charge in [0.25, 0.3) is 5.91 Å². The summed E-state index contributed by atoms with van der Waals surface area (Å²) in [7, 11) is 0. The van der Waals surface area contributed by atoms with Crippen molar-refractivity contribution in [3.05, 3.63) is 69.7 Å². The number of hydrogen-bond donors (Lipinski definition) is 0. The summed E-state index contributed by atoms with van der Waals surface area (Å²) in [5.41, 5.74) is 4.80. The zero-order valence-corrected chi connectivity index (χ0v) is 14.5. The number of aromatic nitrogens is 3. The lowest BCUT2D eigenvalue weighted by Gasteiger charge is -2.36. The Kier molecular flexibility index (Phi) is 3.69. The van der Waals surface area contributed by atoms with Crippen LogP contribution in [0.3, 0.4) is 0 Å². The van der Waals surface area contributed by atoms with Crippen molar-refractivity contribution in [1.29, 1.82) is 0 Å². The molecule has 0 unspecified atom stereocenters. The molecule has 4 rings (SSSR count). The molecule has 1 aliphatic rings. The summed E-state index contributed by atoms with van der Waals surface area (Å²) in [6.45, 7) is 5.19. The van der Waals surface area contributed by atoms with Crippen LogP contribution in [0.4, 0.5) is 0 Å². The fourth-order valence-corrected chi connectivity index (χ4v) is 3.99. The van der Waals surface area contributed by atoms with Crippen molar-refractivity contribution in [2.75, 3.05) is 0 Å². The van der Waals surface area contributed by atoms with Gasteiger partial charge in [-0.05, 0) is 19.4 Å². The molecule has 0 spiro atoms. The third-order valence-corrected chi connectivity index (χ3v) is 5.48. The van der Waals surface area contributed by atoms with Gasteiger partial charge >= 0.3 is 0 Å². The predicted molar refractivity (Wildman–Crippen MR) is 92.9 cm³/mol. The van der Waals surface area contributed by atoms with Crippen molar-refractivity contribution in [3.63, 3.8) is 0 Å². The Morgan fingerprint density at radius 1 is 1.21 bits per heavy atom. The largest absolute Gasteiger partial charge is 0.328 e. The molecule has 6 heteroatoms. The number of benzene rings is 1. The fourth-order valence-electron chi connectivity index (χ4n) is 3.23. The van der Waals surface area contributed by atoms with Crippen molar-refractivity contribution < 1.29 is 4.79 Å². The Labute approximate surface area is 144 Å². The molecule has 122 valence electrons. The summed E-state index contributed by atoms with van der Waals surface area (Å²) in [5.74, 6) is 0.978. The van der Waals surface area contributed by atoms with Crippen molar-refractivity contribution in [1.82, 2.24) is 19.4 Å². The van der Waals surface area contributed by atoms with Crippen LogP contribution >= 0.6 is 11.3 Å². The third kappa shape index (κ3) is 2.43. The molecule has 0 N–H and O–H groups in total. The van der Waals surface area contributed by atoms with Crippen LogP contribution in [0.5, 0.6) is 0 Å². The Morgan fingerprint density at radius 2 is 2.00 bits per heavy atom. The van der Waals surface area contributed by atoms with Gasteiger partial charge in [-0.2, -0.15) is 0 Å². The van der Waals surface area contributed by atoms with Gasteiger partial charge in [-0.3, -0.25) is 4.79 Å². The lowest BCUT2D eigenvalue weighted by molar-refractivity contribution is 0.0587. The molecule has 1 aromatic carbocycles. The lowest BCUT2D eigenvalue weighted by atomic mass is 10.0. The van der Waals surface area contributed by atoms with E-state index in [2.05, 4.69) is 33.6 Å². The van der Waals surface area contributed by atoms with E-state index in [0.29, 0.717) is 11.4 Å². The summed E-state index contributed by atoms with van der Waals surface area (Å²) in [5, 5.41) is 0. The van der Waals surface area contributed by atoms with Gasteiger partial charge in [0.2, 0.25) is 0 Å². The van der Waals surface area contributed by atoms with E-state index in [4.69, 9.17) is 0 Å². The van der Waals surface area contributed by atoms with Crippen molar-refractivity contribution in [2.24, 2.45) is 0 Å². The number of thiazole rings is 1. The maximum Gasteiger partial charge on any atom is 0.266 e. The molecule has 0 radical (unpaired) electrons. The average molecular weight is 338 g/mol. The normalized spacial score (nSPS) is 16.9. The summed E-state index contributed by atoms with van der Waals surface area (Å²) in [6, 6.07) is 10.2. The van der Waals surface area contributed by atoms with E-state index < -0.39 is 0 Å². The molecule has 3 heterocycles. The van der Waals surface area contributed by atoms with E-state index in [-0.39, 0.29) is 11.9 Å². The number of amides is 1. The molecular weight excluding hydrogens is 320 g/mol. The van der Waals surface area contributed by atoms with E-state index >= 15 is 0 Å². The maximum atomic E-state index is 13.1. The number of imidazole rings is 1. The van der Waals surface area contributed by atoms with Gasteiger partial charge in [0.1, 0.15) is 10.7 Å². The van der Waals surface area contributed by atoms with Crippen LogP contribution in [-0.2, 0) is 13.1 Å². The van der Waals surface area contributed by atoms with E-state index in [1.54, 1.807) is 5.51 Å². The first-order chi connectivity index (χ1) is 11.6. The van der Waals surface area contributed by atoms with E-state index in [9.17, 15) is 4.79 Å². The molecule has 5 nitrogen and oxygen atoms in total. The van der Waals surface area contributed by atoms with Crippen LogP contribution in [0, 0.1) is 13.8 Å². The third-order valence-electron chi connectivity index (χ3n) is 4.57. The summed E-state index contributed by atoms with van der Waals surface area (Å²) in [4.78, 5) is 24.5. The highest BCUT2D eigenvalue weighted by atomic mass is 32.1. The lowest BCUT2D eigenvalue weighted by Crippen LogP contribution is -2.41. The Balaban J connectivity index is 1.77. The van der Waals surface area contributed by atoms with Crippen LogP contribution in [0.25, 0.3) is 0 Å². The van der Waals surface area contributed by atoms with Crippen molar-refractivity contribution in [2.45, 2.75) is 33.0 Å². The van der Waals surface area contributed by atoms with E-state index in [1.165, 1.54) is 11.3 Å². The van der Waals surface area contributed by atoms with Crippen molar-refractivity contribution in [3.8, 4) is 0 Å². The molecule has 0 bridgehead atoms. The number of nitrogens with zero attached hydrogens (tertiary/aromatic N) is 4. The molecule has 1 atom stereocenters. The first-order valence-corrected chi connectivity index (χ1v) is 8.80. The van der Waals surface area contributed by atoms with E-state index in [1.807, 2.05) is 36.2 Å². The predicted octanol–water partition coefficient (Wildman–Crippen LogP) is 3.35. The minimum absolute atomic E-state index is 0.000556. The first kappa shape index (κ1) is 15.1. The fraction of sp³-hybridized carbons (Fsp3) is 0.278. The van der Waals surface area contributed by atoms with Crippen LogP contribution < -0.4 is 0 Å².